The highest BCUT2D eigenvalue weighted by Gasteiger charge is 2.34. The van der Waals surface area contributed by atoms with E-state index in [1.165, 1.54) is 4.31 Å². The number of anilines is 2. The third kappa shape index (κ3) is 3.98. The molecule has 0 aliphatic carbocycles. The number of amides is 1. The number of carbonyl (C=O) groups is 1. The smallest absolute Gasteiger partial charge is 0.258 e. The second kappa shape index (κ2) is 8.45. The molecule has 0 N–H and O–H groups in total. The first-order valence-electron chi connectivity index (χ1n) is 10.4. The van der Waals surface area contributed by atoms with Gasteiger partial charge in [0.05, 0.1) is 23.8 Å². The lowest BCUT2D eigenvalue weighted by Gasteiger charge is -2.26. The highest BCUT2D eigenvalue weighted by Crippen LogP contribution is 2.39. The predicted octanol–water partition coefficient (Wildman–Crippen LogP) is 2.68. The predicted molar refractivity (Wildman–Crippen MR) is 123 cm³/mol. The van der Waals surface area contributed by atoms with Crippen LogP contribution in [0.2, 0.25) is 0 Å². The lowest BCUT2D eigenvalue weighted by molar-refractivity contribution is -0.112. The number of hydrogen-bond acceptors (Lipinski definition) is 5. The summed E-state index contributed by atoms with van der Waals surface area (Å²) in [7, 11) is 0.298. The van der Waals surface area contributed by atoms with E-state index in [1.807, 2.05) is 56.3 Å². The molecule has 7 nitrogen and oxygen atoms in total. The first-order valence-corrected chi connectivity index (χ1v) is 11.8. The minimum absolute atomic E-state index is 0.116. The van der Waals surface area contributed by atoms with Gasteiger partial charge in [-0.3, -0.25) is 4.79 Å². The number of rotatable bonds is 5. The van der Waals surface area contributed by atoms with Crippen molar-refractivity contribution in [2.24, 2.45) is 0 Å². The van der Waals surface area contributed by atoms with Gasteiger partial charge in [-0.15, -0.1) is 0 Å². The van der Waals surface area contributed by atoms with Gasteiger partial charge in [-0.2, -0.15) is 4.31 Å². The van der Waals surface area contributed by atoms with Gasteiger partial charge in [-0.05, 0) is 48.9 Å². The van der Waals surface area contributed by atoms with Crippen molar-refractivity contribution in [1.82, 2.24) is 4.31 Å². The average Bonchev–Trinajstić information content (AvgIpc) is 3.04. The average molecular weight is 442 g/mol. The van der Waals surface area contributed by atoms with Crippen LogP contribution in [0.1, 0.15) is 18.1 Å². The largest absolute Gasteiger partial charge is 0.379 e. The number of nitrogens with zero attached hydrogens (tertiary/aromatic N) is 3. The topological polar surface area (TPSA) is 70.2 Å². The lowest BCUT2D eigenvalue weighted by Crippen LogP contribution is -2.40. The van der Waals surface area contributed by atoms with Crippen LogP contribution in [0.3, 0.4) is 0 Å². The maximum absolute atomic E-state index is 13.1. The van der Waals surface area contributed by atoms with Crippen molar-refractivity contribution in [2.45, 2.75) is 11.8 Å². The number of ether oxygens (including phenoxy) is 1. The van der Waals surface area contributed by atoms with Crippen molar-refractivity contribution in [2.75, 3.05) is 56.7 Å². The van der Waals surface area contributed by atoms with Gasteiger partial charge < -0.3 is 14.5 Å². The Labute approximate surface area is 183 Å². The van der Waals surface area contributed by atoms with Gasteiger partial charge in [0, 0.05) is 50.6 Å². The molecule has 2 heterocycles. The third-order valence-electron chi connectivity index (χ3n) is 5.67. The van der Waals surface area contributed by atoms with Crippen LogP contribution in [0.15, 0.2) is 47.4 Å². The summed E-state index contributed by atoms with van der Waals surface area (Å²) in [6, 6.07) is 12.9. The Morgan fingerprint density at radius 1 is 1.06 bits per heavy atom. The number of hydrogen-bond donors (Lipinski definition) is 0. The van der Waals surface area contributed by atoms with E-state index >= 15 is 0 Å². The number of sulfonamides is 1. The molecule has 31 heavy (non-hydrogen) atoms. The van der Waals surface area contributed by atoms with E-state index in [0.717, 1.165) is 16.9 Å². The molecule has 0 aromatic heterocycles. The Morgan fingerprint density at radius 2 is 1.74 bits per heavy atom. The van der Waals surface area contributed by atoms with E-state index in [4.69, 9.17) is 4.74 Å². The molecular weight excluding hydrogens is 414 g/mol. The molecule has 2 aromatic rings. The van der Waals surface area contributed by atoms with Crippen molar-refractivity contribution >= 4 is 39.0 Å². The molecule has 1 saturated heterocycles. The highest BCUT2D eigenvalue weighted by molar-refractivity contribution is 7.89. The van der Waals surface area contributed by atoms with Crippen molar-refractivity contribution < 1.29 is 17.9 Å². The number of fused-ring (bicyclic) bond motifs is 1. The van der Waals surface area contributed by atoms with E-state index in [2.05, 4.69) is 0 Å². The van der Waals surface area contributed by atoms with Gasteiger partial charge >= 0.3 is 0 Å². The van der Waals surface area contributed by atoms with E-state index < -0.39 is 10.0 Å². The van der Waals surface area contributed by atoms with E-state index in [0.29, 0.717) is 44.0 Å². The molecule has 1 amide bonds. The summed E-state index contributed by atoms with van der Waals surface area (Å²) in [5.74, 6) is -0.116. The second-order valence-corrected chi connectivity index (χ2v) is 9.73. The molecule has 1 fully saturated rings. The van der Waals surface area contributed by atoms with Gasteiger partial charge in [-0.25, -0.2) is 8.42 Å². The summed E-state index contributed by atoms with van der Waals surface area (Å²) >= 11 is 0. The summed E-state index contributed by atoms with van der Waals surface area (Å²) < 4.78 is 33.0. The molecule has 0 bridgehead atoms. The minimum Gasteiger partial charge on any atom is -0.379 e. The fraction of sp³-hybridized carbons (Fsp3) is 0.348. The lowest BCUT2D eigenvalue weighted by atomic mass is 10.0. The zero-order chi connectivity index (χ0) is 22.2. The summed E-state index contributed by atoms with van der Waals surface area (Å²) in [4.78, 5) is 17.0. The molecule has 8 heteroatoms. The van der Waals surface area contributed by atoms with Gasteiger partial charge in [0.1, 0.15) is 0 Å². The van der Waals surface area contributed by atoms with Crippen molar-refractivity contribution in [3.05, 3.63) is 53.6 Å². The van der Waals surface area contributed by atoms with Crippen LogP contribution in [0.4, 0.5) is 11.4 Å². The normalized spacial score (nSPS) is 18.5. The fourth-order valence-corrected chi connectivity index (χ4v) is 5.36. The Morgan fingerprint density at radius 3 is 2.35 bits per heavy atom. The highest BCUT2D eigenvalue weighted by atomic mass is 32.2. The summed E-state index contributed by atoms with van der Waals surface area (Å²) in [6.07, 6.45) is 1.83. The standard InChI is InChI=1S/C23H27N3O4S/c1-4-26-22-10-9-19(31(28,29)25-11-13-30-14-12-25)16-20(22)21(23(26)27)15-17-5-7-18(8-6-17)24(2)3/h5-10,15-16H,4,11-14H2,1-3H3/b21-15-. The van der Waals surface area contributed by atoms with Crippen LogP contribution in [-0.4, -0.2) is 65.6 Å². The number of carbonyl (C=O) groups excluding carboxylic acids is 1. The SMILES string of the molecule is CCN1C(=O)/C(=C\c2ccc(N(C)C)cc2)c2cc(S(=O)(=O)N3CCOCC3)ccc21. The van der Waals surface area contributed by atoms with Crippen LogP contribution >= 0.6 is 0 Å². The van der Waals surface area contributed by atoms with Crippen LogP contribution in [-0.2, 0) is 19.6 Å². The monoisotopic (exact) mass is 441 g/mol. The maximum Gasteiger partial charge on any atom is 0.258 e. The van der Waals surface area contributed by atoms with Crippen LogP contribution in [0, 0.1) is 0 Å². The number of morpholine rings is 1. The minimum atomic E-state index is -3.65. The first kappa shape index (κ1) is 21.5. The van der Waals surface area contributed by atoms with Gasteiger partial charge in [0.2, 0.25) is 10.0 Å². The molecule has 164 valence electrons. The Balaban J connectivity index is 1.76. The second-order valence-electron chi connectivity index (χ2n) is 7.79. The quantitative estimate of drug-likeness (QED) is 0.668. The van der Waals surface area contributed by atoms with E-state index in [-0.39, 0.29) is 10.8 Å². The van der Waals surface area contributed by atoms with E-state index in [1.54, 1.807) is 23.1 Å². The Kier molecular flexibility index (Phi) is 5.88. The zero-order valence-corrected chi connectivity index (χ0v) is 18.9. The molecule has 0 unspecified atom stereocenters. The molecule has 0 saturated carbocycles. The molecule has 2 aromatic carbocycles. The van der Waals surface area contributed by atoms with Crippen molar-refractivity contribution in [3.8, 4) is 0 Å². The van der Waals surface area contributed by atoms with Gasteiger partial charge in [-0.1, -0.05) is 12.1 Å². The van der Waals surface area contributed by atoms with Crippen molar-refractivity contribution in [1.29, 1.82) is 0 Å². The van der Waals surface area contributed by atoms with Crippen LogP contribution < -0.4 is 9.80 Å². The molecular formula is C23H27N3O4S. The molecule has 2 aliphatic rings. The fourth-order valence-electron chi connectivity index (χ4n) is 3.92. The molecule has 2 aliphatic heterocycles. The molecule has 4 rings (SSSR count). The number of benzene rings is 2. The van der Waals surface area contributed by atoms with Gasteiger partial charge in [0.15, 0.2) is 0 Å². The van der Waals surface area contributed by atoms with Crippen LogP contribution in [0.25, 0.3) is 11.6 Å². The summed E-state index contributed by atoms with van der Waals surface area (Å²) in [5.41, 5.74) is 3.85. The van der Waals surface area contributed by atoms with Gasteiger partial charge in [0.25, 0.3) is 5.91 Å². The Bertz CT molecular complexity index is 1120. The maximum atomic E-state index is 13.1. The summed E-state index contributed by atoms with van der Waals surface area (Å²) in [5, 5.41) is 0. The molecule has 0 atom stereocenters. The first-order chi connectivity index (χ1) is 14.8. The van der Waals surface area contributed by atoms with Crippen molar-refractivity contribution in [3.63, 3.8) is 0 Å². The van der Waals surface area contributed by atoms with Crippen LogP contribution in [0.5, 0.6) is 0 Å². The third-order valence-corrected chi connectivity index (χ3v) is 7.56. The number of likely N-dealkylation sites (N-methyl/N-ethyl adjacent to an activating group) is 1. The summed E-state index contributed by atoms with van der Waals surface area (Å²) in [6.45, 7) is 3.87. The Hall–Kier alpha value is -2.68. The molecule has 0 radical (unpaired) electrons. The molecule has 0 spiro atoms. The van der Waals surface area contributed by atoms with E-state index in [9.17, 15) is 13.2 Å². The zero-order valence-electron chi connectivity index (χ0n) is 18.0.